The van der Waals surface area contributed by atoms with Gasteiger partial charge in [-0.05, 0) is 75.5 Å². The number of para-hydroxylation sites is 1. The van der Waals surface area contributed by atoms with Crippen LogP contribution in [0.1, 0.15) is 25.7 Å². The molecule has 0 radical (unpaired) electrons. The number of ether oxygens (including phenoxy) is 1. The molecule has 2 aliphatic heterocycles. The van der Waals surface area contributed by atoms with Gasteiger partial charge in [-0.2, -0.15) is 0 Å². The molecular weight excluding hydrogens is 394 g/mol. The summed E-state index contributed by atoms with van der Waals surface area (Å²) in [6.07, 6.45) is 4.12. The molecule has 4 N–H and O–H groups in total. The van der Waals surface area contributed by atoms with Gasteiger partial charge in [-0.25, -0.2) is 9.78 Å². The number of amides is 1. The van der Waals surface area contributed by atoms with Crippen LogP contribution in [0.2, 0.25) is 0 Å². The van der Waals surface area contributed by atoms with Crippen molar-refractivity contribution >= 4 is 29.1 Å². The van der Waals surface area contributed by atoms with Crippen molar-refractivity contribution < 1.29 is 9.53 Å². The zero-order valence-electron chi connectivity index (χ0n) is 17.8. The van der Waals surface area contributed by atoms with Gasteiger partial charge in [0.05, 0.1) is 0 Å². The fourth-order valence-corrected chi connectivity index (χ4v) is 4.22. The molecule has 0 atom stereocenters. The maximum atomic E-state index is 12.8. The van der Waals surface area contributed by atoms with Crippen molar-refractivity contribution in [3.05, 3.63) is 36.4 Å². The largest absolute Gasteiger partial charge is 0.415 e. The van der Waals surface area contributed by atoms with E-state index >= 15 is 0 Å². The molecule has 0 saturated carbocycles. The molecule has 31 heavy (non-hydrogen) atoms. The zero-order chi connectivity index (χ0) is 21.8. The lowest BCUT2D eigenvalue weighted by Gasteiger charge is -2.45. The van der Waals surface area contributed by atoms with Gasteiger partial charge in [0.25, 0.3) is 0 Å². The maximum absolute atomic E-state index is 12.8. The van der Waals surface area contributed by atoms with E-state index in [4.69, 9.17) is 16.2 Å². The van der Waals surface area contributed by atoms with Crippen LogP contribution in [0.5, 0.6) is 5.75 Å². The number of aromatic nitrogens is 1. The summed E-state index contributed by atoms with van der Waals surface area (Å²) < 4.78 is 5.67. The van der Waals surface area contributed by atoms with E-state index in [0.717, 1.165) is 39.0 Å². The molecule has 1 amide bonds. The number of likely N-dealkylation sites (tertiary alicyclic amines) is 2. The molecule has 4 rings (SSSR count). The number of benzene rings is 1. The number of nitrogens with two attached hydrogens (primary N) is 2. The average Bonchev–Trinajstić information content (AvgIpc) is 2.77. The first-order chi connectivity index (χ1) is 14.9. The van der Waals surface area contributed by atoms with Crippen molar-refractivity contribution in [2.24, 2.45) is 15.6 Å². The number of carbonyl (C=O) groups is 1. The predicted molar refractivity (Wildman–Crippen MR) is 120 cm³/mol. The SMILES string of the molecule is CN1CCC2(CC1)CCN(C(=O)Oc1ccccc1N=Nc1ccc(N)nc1N)CC2. The van der Waals surface area contributed by atoms with E-state index in [1.54, 1.807) is 41.3 Å². The molecule has 2 aliphatic rings. The van der Waals surface area contributed by atoms with Crippen molar-refractivity contribution in [2.75, 3.05) is 44.7 Å². The average molecular weight is 424 g/mol. The Morgan fingerprint density at radius 1 is 0.968 bits per heavy atom. The number of hydrogen-bond donors (Lipinski definition) is 2. The second kappa shape index (κ2) is 8.89. The predicted octanol–water partition coefficient (Wildman–Crippen LogP) is 3.97. The van der Waals surface area contributed by atoms with Crippen LogP contribution in [0.4, 0.5) is 27.8 Å². The topological polar surface area (TPSA) is 122 Å². The minimum atomic E-state index is -0.348. The fourth-order valence-electron chi connectivity index (χ4n) is 4.22. The van der Waals surface area contributed by atoms with E-state index in [1.165, 1.54) is 12.8 Å². The number of anilines is 2. The van der Waals surface area contributed by atoms with Gasteiger partial charge in [0.2, 0.25) is 0 Å². The van der Waals surface area contributed by atoms with Gasteiger partial charge >= 0.3 is 6.09 Å². The van der Waals surface area contributed by atoms with Crippen molar-refractivity contribution in [3.8, 4) is 5.75 Å². The number of carbonyl (C=O) groups excluding carboxylic acids is 1. The molecule has 1 spiro atoms. The molecule has 0 unspecified atom stereocenters. The first kappa shape index (κ1) is 21.0. The van der Waals surface area contributed by atoms with Crippen molar-refractivity contribution in [1.82, 2.24) is 14.8 Å². The zero-order valence-corrected chi connectivity index (χ0v) is 17.8. The normalized spacial score (nSPS) is 19.1. The molecular formula is C22H29N7O2. The van der Waals surface area contributed by atoms with Gasteiger partial charge in [0.1, 0.15) is 17.2 Å². The molecule has 2 saturated heterocycles. The Kier molecular flexibility index (Phi) is 6.03. The van der Waals surface area contributed by atoms with Crippen LogP contribution in [0.15, 0.2) is 46.6 Å². The summed E-state index contributed by atoms with van der Waals surface area (Å²) in [6.45, 7) is 3.72. The number of nitrogen functional groups attached to an aromatic ring is 2. The number of rotatable bonds is 3. The number of piperidine rings is 2. The molecule has 2 aromatic rings. The van der Waals surface area contributed by atoms with Crippen molar-refractivity contribution in [3.63, 3.8) is 0 Å². The fraction of sp³-hybridized carbons (Fsp3) is 0.455. The van der Waals surface area contributed by atoms with Gasteiger partial charge < -0.3 is 26.0 Å². The monoisotopic (exact) mass is 423 g/mol. The van der Waals surface area contributed by atoms with Crippen molar-refractivity contribution in [2.45, 2.75) is 25.7 Å². The summed E-state index contributed by atoms with van der Waals surface area (Å²) in [5.74, 6) is 0.863. The highest BCUT2D eigenvalue weighted by Crippen LogP contribution is 2.41. The van der Waals surface area contributed by atoms with Crippen LogP contribution < -0.4 is 16.2 Å². The van der Waals surface area contributed by atoms with Crippen LogP contribution >= 0.6 is 0 Å². The molecule has 9 heteroatoms. The smallest absolute Gasteiger partial charge is 0.408 e. The third kappa shape index (κ3) is 4.93. The highest BCUT2D eigenvalue weighted by Gasteiger charge is 2.38. The van der Waals surface area contributed by atoms with Gasteiger partial charge in [0.15, 0.2) is 11.6 Å². The summed E-state index contributed by atoms with van der Waals surface area (Å²) in [4.78, 5) is 20.9. The highest BCUT2D eigenvalue weighted by atomic mass is 16.6. The first-order valence-corrected chi connectivity index (χ1v) is 10.6. The summed E-state index contributed by atoms with van der Waals surface area (Å²) >= 11 is 0. The number of hydrogen-bond acceptors (Lipinski definition) is 8. The van der Waals surface area contributed by atoms with Gasteiger partial charge in [-0.1, -0.05) is 12.1 Å². The molecule has 0 aliphatic carbocycles. The molecule has 2 fully saturated rings. The maximum Gasteiger partial charge on any atom is 0.415 e. The lowest BCUT2D eigenvalue weighted by molar-refractivity contribution is 0.0455. The molecule has 1 aromatic heterocycles. The van der Waals surface area contributed by atoms with Crippen LogP contribution in [0, 0.1) is 5.41 Å². The second-order valence-electron chi connectivity index (χ2n) is 8.47. The minimum absolute atomic E-state index is 0.189. The van der Waals surface area contributed by atoms with Crippen LogP contribution in [-0.4, -0.2) is 54.1 Å². The molecule has 3 heterocycles. The Balaban J connectivity index is 1.40. The van der Waals surface area contributed by atoms with E-state index in [0.29, 0.717) is 28.4 Å². The van der Waals surface area contributed by atoms with E-state index in [-0.39, 0.29) is 11.9 Å². The summed E-state index contributed by atoms with van der Waals surface area (Å²) in [6, 6.07) is 10.3. The Morgan fingerprint density at radius 2 is 1.61 bits per heavy atom. The first-order valence-electron chi connectivity index (χ1n) is 10.6. The summed E-state index contributed by atoms with van der Waals surface area (Å²) in [7, 11) is 2.17. The standard InChI is InChI=1S/C22H29N7O2/c1-28-12-8-22(9-13-28)10-14-29(15-11-22)21(30)31-18-5-3-2-4-16(18)26-27-17-6-7-19(23)25-20(17)24/h2-7H,8-15H2,1H3,(H4,23,24,25). The van der Waals surface area contributed by atoms with Gasteiger partial charge in [-0.3, -0.25) is 0 Å². The van der Waals surface area contributed by atoms with E-state index in [9.17, 15) is 4.79 Å². The van der Waals surface area contributed by atoms with E-state index in [2.05, 4.69) is 27.2 Å². The second-order valence-corrected chi connectivity index (χ2v) is 8.47. The highest BCUT2D eigenvalue weighted by molar-refractivity contribution is 5.73. The Morgan fingerprint density at radius 3 is 2.32 bits per heavy atom. The van der Waals surface area contributed by atoms with Gasteiger partial charge in [0, 0.05) is 13.1 Å². The summed E-state index contributed by atoms with van der Waals surface area (Å²) in [5.41, 5.74) is 12.7. The molecule has 9 nitrogen and oxygen atoms in total. The van der Waals surface area contributed by atoms with Crippen LogP contribution in [0.3, 0.4) is 0 Å². The Bertz CT molecular complexity index is 960. The Labute approximate surface area is 182 Å². The lowest BCUT2D eigenvalue weighted by atomic mass is 9.71. The third-order valence-electron chi connectivity index (χ3n) is 6.38. The van der Waals surface area contributed by atoms with Gasteiger partial charge in [-0.15, -0.1) is 10.2 Å². The minimum Gasteiger partial charge on any atom is -0.408 e. The number of nitrogens with zero attached hydrogens (tertiary/aromatic N) is 5. The number of pyridine rings is 1. The van der Waals surface area contributed by atoms with Crippen LogP contribution in [-0.2, 0) is 0 Å². The summed E-state index contributed by atoms with van der Waals surface area (Å²) in [5, 5.41) is 8.34. The Hall–Kier alpha value is -3.20. The number of azo groups is 1. The van der Waals surface area contributed by atoms with E-state index < -0.39 is 0 Å². The van der Waals surface area contributed by atoms with Crippen molar-refractivity contribution in [1.29, 1.82) is 0 Å². The van der Waals surface area contributed by atoms with E-state index in [1.807, 2.05) is 0 Å². The third-order valence-corrected chi connectivity index (χ3v) is 6.38. The van der Waals surface area contributed by atoms with Crippen LogP contribution in [0.25, 0.3) is 0 Å². The molecule has 164 valence electrons. The quantitative estimate of drug-likeness (QED) is 0.720. The molecule has 1 aromatic carbocycles. The lowest BCUT2D eigenvalue weighted by Crippen LogP contribution is -2.48. The molecule has 0 bridgehead atoms.